The standard InChI is InChI=1S/C60H113NO18/c1-3-5-7-9-11-12-13-14-15-16-17-18-19-20-21-22-23-24-25-26-27-28-29-30-32-34-36-38-48(66)61-43(44(65)37-35-33-31-10-8-6-4-2)42-74-58-54(72)51(69)56(46(40-63)76-58)79-60-55(73)52(70)57(47(41-64)77-60)78-59-53(71)50(68)49(67)45(39-62)75-59/h35,37,43-47,49-60,62-65,67-73H,3-34,36,38-42H2,1-2H3,(H,61,66)/b37-35+. The highest BCUT2D eigenvalue weighted by molar-refractivity contribution is 5.76. The molecule has 3 saturated heterocycles. The van der Waals surface area contributed by atoms with Gasteiger partial charge in [0.05, 0.1) is 38.6 Å². The normalized spacial score (nSPS) is 30.3. The number of aliphatic hydroxyl groups excluding tert-OH is 11. The Hall–Kier alpha value is -1.47. The maximum absolute atomic E-state index is 13.3. The topological polar surface area (TPSA) is 307 Å². The first-order valence-corrected chi connectivity index (χ1v) is 31.4. The zero-order valence-corrected chi connectivity index (χ0v) is 48.6. The van der Waals surface area contributed by atoms with Crippen molar-refractivity contribution in [2.45, 2.75) is 336 Å². The Morgan fingerprint density at radius 1 is 0.443 bits per heavy atom. The van der Waals surface area contributed by atoms with E-state index in [0.29, 0.717) is 6.42 Å². The van der Waals surface area contributed by atoms with Gasteiger partial charge < -0.3 is 89.9 Å². The number of nitrogens with one attached hydrogen (secondary N) is 1. The van der Waals surface area contributed by atoms with Crippen molar-refractivity contribution in [3.8, 4) is 0 Å². The summed E-state index contributed by atoms with van der Waals surface area (Å²) in [6.45, 7) is 1.67. The van der Waals surface area contributed by atoms with E-state index >= 15 is 0 Å². The van der Waals surface area contributed by atoms with E-state index in [4.69, 9.17) is 28.4 Å². The molecular formula is C60H113NO18. The number of aliphatic hydroxyl groups is 11. The fourth-order valence-electron chi connectivity index (χ4n) is 10.9. The van der Waals surface area contributed by atoms with Gasteiger partial charge in [-0.2, -0.15) is 0 Å². The lowest BCUT2D eigenvalue weighted by Crippen LogP contribution is -2.66. The number of hydrogen-bond acceptors (Lipinski definition) is 18. The molecule has 466 valence electrons. The Labute approximate surface area is 474 Å². The number of carbonyl (C=O) groups excluding carboxylic acids is 1. The number of amides is 1. The van der Waals surface area contributed by atoms with Crippen LogP contribution in [0.15, 0.2) is 12.2 Å². The van der Waals surface area contributed by atoms with Gasteiger partial charge >= 0.3 is 0 Å². The Balaban J connectivity index is 1.36. The van der Waals surface area contributed by atoms with Gasteiger partial charge in [0.1, 0.15) is 73.2 Å². The third-order valence-electron chi connectivity index (χ3n) is 16.1. The summed E-state index contributed by atoms with van der Waals surface area (Å²) < 4.78 is 34.1. The van der Waals surface area contributed by atoms with Crippen LogP contribution < -0.4 is 5.32 Å². The molecule has 0 aromatic heterocycles. The van der Waals surface area contributed by atoms with Crippen LogP contribution in [0.1, 0.15) is 232 Å². The molecule has 1 amide bonds. The fourth-order valence-corrected chi connectivity index (χ4v) is 10.9. The average molecular weight is 1140 g/mol. The SMILES string of the molecule is CCCCCCC/C=C/C(O)C(COC1OC(CO)C(OC2OC(CO)C(OC3OC(CO)C(O)C(O)C3O)C(O)C2O)C(O)C1O)NC(=O)CCCCCCCCCCCCCCCCCCCCCCCCCCCCC. The van der Waals surface area contributed by atoms with E-state index in [1.54, 1.807) is 6.08 Å². The van der Waals surface area contributed by atoms with Crippen LogP contribution in [0.2, 0.25) is 0 Å². The maximum Gasteiger partial charge on any atom is 0.220 e. The molecular weight excluding hydrogens is 1020 g/mol. The van der Waals surface area contributed by atoms with E-state index < -0.39 is 124 Å². The van der Waals surface area contributed by atoms with Gasteiger partial charge in [-0.3, -0.25) is 4.79 Å². The molecule has 0 aliphatic carbocycles. The van der Waals surface area contributed by atoms with E-state index in [-0.39, 0.29) is 18.9 Å². The Bertz CT molecular complexity index is 1500. The van der Waals surface area contributed by atoms with Crippen LogP contribution in [0, 0.1) is 0 Å². The summed E-state index contributed by atoms with van der Waals surface area (Å²) in [6.07, 6.45) is 18.3. The largest absolute Gasteiger partial charge is 0.394 e. The van der Waals surface area contributed by atoms with Crippen LogP contribution >= 0.6 is 0 Å². The Morgan fingerprint density at radius 3 is 1.19 bits per heavy atom. The van der Waals surface area contributed by atoms with Gasteiger partial charge in [0, 0.05) is 6.42 Å². The molecule has 17 unspecified atom stereocenters. The molecule has 12 N–H and O–H groups in total. The molecule has 0 aromatic carbocycles. The molecule has 0 radical (unpaired) electrons. The van der Waals surface area contributed by atoms with Crippen molar-refractivity contribution in [3.63, 3.8) is 0 Å². The highest BCUT2D eigenvalue weighted by atomic mass is 16.8. The molecule has 0 aromatic rings. The van der Waals surface area contributed by atoms with Gasteiger partial charge in [-0.1, -0.05) is 219 Å². The van der Waals surface area contributed by atoms with Gasteiger partial charge in [0.25, 0.3) is 0 Å². The molecule has 3 fully saturated rings. The fraction of sp³-hybridized carbons (Fsp3) is 0.950. The summed E-state index contributed by atoms with van der Waals surface area (Å²) in [6, 6.07) is -0.965. The van der Waals surface area contributed by atoms with E-state index in [9.17, 15) is 61.0 Å². The second-order valence-corrected chi connectivity index (χ2v) is 22.9. The number of carbonyl (C=O) groups is 1. The molecule has 17 atom stereocenters. The number of allylic oxidation sites excluding steroid dienone is 1. The van der Waals surface area contributed by atoms with Crippen molar-refractivity contribution in [1.82, 2.24) is 5.32 Å². The molecule has 3 aliphatic rings. The molecule has 0 saturated carbocycles. The average Bonchev–Trinajstić information content (AvgIpc) is 3.48. The summed E-state index contributed by atoms with van der Waals surface area (Å²) in [7, 11) is 0. The minimum Gasteiger partial charge on any atom is -0.394 e. The summed E-state index contributed by atoms with van der Waals surface area (Å²) in [4.78, 5) is 13.3. The lowest BCUT2D eigenvalue weighted by atomic mass is 9.96. The van der Waals surface area contributed by atoms with Crippen molar-refractivity contribution in [2.75, 3.05) is 26.4 Å². The third-order valence-corrected chi connectivity index (χ3v) is 16.1. The van der Waals surface area contributed by atoms with E-state index in [1.807, 2.05) is 6.08 Å². The quantitative estimate of drug-likeness (QED) is 0.0240. The molecule has 79 heavy (non-hydrogen) atoms. The summed E-state index contributed by atoms with van der Waals surface area (Å²) >= 11 is 0. The number of hydrogen-bond donors (Lipinski definition) is 12. The van der Waals surface area contributed by atoms with Gasteiger partial charge in [0.2, 0.25) is 5.91 Å². The zero-order chi connectivity index (χ0) is 57.6. The van der Waals surface area contributed by atoms with Crippen LogP contribution in [0.5, 0.6) is 0 Å². The predicted molar refractivity (Wildman–Crippen MR) is 300 cm³/mol. The molecule has 19 heteroatoms. The van der Waals surface area contributed by atoms with Crippen LogP contribution in [0.4, 0.5) is 0 Å². The lowest BCUT2D eigenvalue weighted by molar-refractivity contribution is -0.379. The van der Waals surface area contributed by atoms with E-state index in [1.165, 1.54) is 148 Å². The molecule has 3 aliphatic heterocycles. The number of rotatable bonds is 47. The monoisotopic (exact) mass is 1140 g/mol. The number of unbranched alkanes of at least 4 members (excludes halogenated alkanes) is 31. The Morgan fingerprint density at radius 2 is 0.785 bits per heavy atom. The van der Waals surface area contributed by atoms with Crippen LogP contribution in [0.25, 0.3) is 0 Å². The van der Waals surface area contributed by atoms with E-state index in [2.05, 4.69) is 19.2 Å². The second-order valence-electron chi connectivity index (χ2n) is 22.9. The first kappa shape index (κ1) is 71.8. The van der Waals surface area contributed by atoms with Gasteiger partial charge in [-0.05, 0) is 19.3 Å². The highest BCUT2D eigenvalue weighted by Gasteiger charge is 2.53. The van der Waals surface area contributed by atoms with Crippen LogP contribution in [0.3, 0.4) is 0 Å². The van der Waals surface area contributed by atoms with Crippen molar-refractivity contribution in [3.05, 3.63) is 12.2 Å². The van der Waals surface area contributed by atoms with Crippen molar-refractivity contribution in [1.29, 1.82) is 0 Å². The van der Waals surface area contributed by atoms with Crippen molar-refractivity contribution >= 4 is 5.91 Å². The minimum absolute atomic E-state index is 0.248. The molecule has 3 heterocycles. The van der Waals surface area contributed by atoms with Gasteiger partial charge in [-0.15, -0.1) is 0 Å². The third kappa shape index (κ3) is 27.9. The summed E-state index contributed by atoms with van der Waals surface area (Å²) in [5, 5.41) is 120. The maximum atomic E-state index is 13.3. The smallest absolute Gasteiger partial charge is 0.220 e. The van der Waals surface area contributed by atoms with Gasteiger partial charge in [-0.25, -0.2) is 0 Å². The predicted octanol–water partition coefficient (Wildman–Crippen LogP) is 6.16. The van der Waals surface area contributed by atoms with Crippen molar-refractivity contribution in [2.24, 2.45) is 0 Å². The van der Waals surface area contributed by atoms with Crippen LogP contribution in [-0.4, -0.2) is 193 Å². The zero-order valence-electron chi connectivity index (χ0n) is 48.6. The van der Waals surface area contributed by atoms with E-state index in [0.717, 1.165) is 57.8 Å². The molecule has 19 nitrogen and oxygen atoms in total. The highest BCUT2D eigenvalue weighted by Crippen LogP contribution is 2.33. The Kier molecular flexibility index (Phi) is 40.1. The molecule has 0 spiro atoms. The second kappa shape index (κ2) is 44.1. The number of ether oxygens (including phenoxy) is 6. The first-order chi connectivity index (χ1) is 38.3. The van der Waals surface area contributed by atoms with Crippen LogP contribution in [-0.2, 0) is 33.2 Å². The van der Waals surface area contributed by atoms with Crippen molar-refractivity contribution < 1.29 is 89.4 Å². The molecule has 0 bridgehead atoms. The lowest BCUT2D eigenvalue weighted by Gasteiger charge is -2.48. The van der Waals surface area contributed by atoms with Gasteiger partial charge in [0.15, 0.2) is 18.9 Å². The minimum atomic E-state index is -1.97. The summed E-state index contributed by atoms with van der Waals surface area (Å²) in [5.74, 6) is -0.276. The first-order valence-electron chi connectivity index (χ1n) is 31.4. The summed E-state index contributed by atoms with van der Waals surface area (Å²) in [5.41, 5.74) is 0. The molecule has 3 rings (SSSR count).